The molecule has 1 amide bonds. The topological polar surface area (TPSA) is 180 Å². The average molecular weight is 357 g/mol. The van der Waals surface area contributed by atoms with Crippen molar-refractivity contribution in [3.05, 3.63) is 51.3 Å². The first-order chi connectivity index (χ1) is 12.5. The molecule has 0 bridgehead atoms. The van der Waals surface area contributed by atoms with E-state index in [1.165, 1.54) is 29.1 Å². The van der Waals surface area contributed by atoms with Crippen LogP contribution in [0.5, 0.6) is 0 Å². The first-order valence-electron chi connectivity index (χ1n) is 7.06. The minimum atomic E-state index is -0.634. The summed E-state index contributed by atoms with van der Waals surface area (Å²) in [5.41, 5.74) is 8.53. The lowest BCUT2D eigenvalue weighted by atomic mass is 10.2. The fourth-order valence-corrected chi connectivity index (χ4v) is 2.02. The van der Waals surface area contributed by atoms with Gasteiger partial charge in [0.05, 0.1) is 16.8 Å². The Labute approximate surface area is 144 Å². The lowest BCUT2D eigenvalue weighted by molar-refractivity contribution is -0.384. The molecule has 13 heteroatoms. The summed E-state index contributed by atoms with van der Waals surface area (Å²) >= 11 is 0. The second-order valence-electron chi connectivity index (χ2n) is 4.96. The van der Waals surface area contributed by atoms with Gasteiger partial charge in [-0.1, -0.05) is 17.3 Å². The van der Waals surface area contributed by atoms with Gasteiger partial charge in [0.1, 0.15) is 0 Å². The van der Waals surface area contributed by atoms with E-state index in [4.69, 9.17) is 5.73 Å². The molecule has 2 heterocycles. The van der Waals surface area contributed by atoms with Gasteiger partial charge in [-0.3, -0.25) is 14.9 Å². The molecule has 1 aromatic carbocycles. The Balaban J connectivity index is 1.73. The second kappa shape index (κ2) is 6.76. The van der Waals surface area contributed by atoms with E-state index in [0.717, 1.165) is 0 Å². The van der Waals surface area contributed by atoms with Crippen LogP contribution in [0.25, 0.3) is 5.82 Å². The van der Waals surface area contributed by atoms with Gasteiger partial charge in [-0.25, -0.2) is 10.1 Å². The molecule has 0 aliphatic heterocycles. The molecule has 0 unspecified atom stereocenters. The first-order valence-corrected chi connectivity index (χ1v) is 7.06. The fraction of sp³-hybridized carbons (Fsp3) is 0.0769. The van der Waals surface area contributed by atoms with Crippen molar-refractivity contribution in [2.24, 2.45) is 5.10 Å². The summed E-state index contributed by atoms with van der Waals surface area (Å²) in [7, 11) is 0. The zero-order valence-corrected chi connectivity index (χ0v) is 13.2. The molecule has 0 radical (unpaired) electrons. The number of non-ortho nitro benzene ring substituents is 1. The molecule has 3 rings (SSSR count). The molecule has 0 saturated carbocycles. The molecular formula is C13H11N9O4. The van der Waals surface area contributed by atoms with E-state index in [1.807, 2.05) is 0 Å². The summed E-state index contributed by atoms with van der Waals surface area (Å²) in [4.78, 5) is 22.4. The molecule has 26 heavy (non-hydrogen) atoms. The van der Waals surface area contributed by atoms with Crippen LogP contribution in [0.15, 0.2) is 34.0 Å². The Kier molecular flexibility index (Phi) is 4.34. The van der Waals surface area contributed by atoms with Crippen LogP contribution >= 0.6 is 0 Å². The van der Waals surface area contributed by atoms with Gasteiger partial charge in [0.2, 0.25) is 11.6 Å². The number of nitrogens with one attached hydrogen (secondary N) is 1. The number of nitro groups is 1. The average Bonchev–Trinajstić information content (AvgIpc) is 3.20. The second-order valence-corrected chi connectivity index (χ2v) is 4.96. The number of hydrazone groups is 1. The van der Waals surface area contributed by atoms with Crippen molar-refractivity contribution in [2.75, 3.05) is 5.73 Å². The van der Waals surface area contributed by atoms with Gasteiger partial charge in [-0.05, 0) is 17.2 Å². The van der Waals surface area contributed by atoms with Crippen molar-refractivity contribution in [2.45, 2.75) is 6.92 Å². The van der Waals surface area contributed by atoms with Crippen LogP contribution in [0.4, 0.5) is 11.5 Å². The standard InChI is InChI=1S/C13H11N9O4/c1-7-10(16-20-21(7)12-11(14)18-26-19-12)13(23)17-15-6-8-3-2-4-9(5-8)22(24)25/h2-6H,1H3,(H2,14,18)(H,17,23). The normalized spacial score (nSPS) is 11.0. The molecule has 3 N–H and O–H groups in total. The third-order valence-corrected chi connectivity index (χ3v) is 3.27. The van der Waals surface area contributed by atoms with Gasteiger partial charge >= 0.3 is 0 Å². The predicted octanol–water partition coefficient (Wildman–Crippen LogP) is 0.213. The molecule has 0 atom stereocenters. The summed E-state index contributed by atoms with van der Waals surface area (Å²) < 4.78 is 5.68. The maximum Gasteiger partial charge on any atom is 0.293 e. The van der Waals surface area contributed by atoms with Crippen molar-refractivity contribution < 1.29 is 14.3 Å². The summed E-state index contributed by atoms with van der Waals surface area (Å²) in [6, 6.07) is 5.78. The summed E-state index contributed by atoms with van der Waals surface area (Å²) in [6.45, 7) is 1.58. The smallest absolute Gasteiger partial charge is 0.293 e. The van der Waals surface area contributed by atoms with Gasteiger partial charge in [0, 0.05) is 17.7 Å². The number of carbonyl (C=O) groups excluding carboxylic acids is 1. The highest BCUT2D eigenvalue weighted by Gasteiger charge is 2.20. The molecule has 0 saturated heterocycles. The number of benzene rings is 1. The largest absolute Gasteiger partial charge is 0.378 e. The number of nitrogen functional groups attached to an aromatic ring is 1. The van der Waals surface area contributed by atoms with Crippen LogP contribution in [0, 0.1) is 17.0 Å². The Bertz CT molecular complexity index is 1010. The number of carbonyl (C=O) groups is 1. The Morgan fingerprint density at radius 2 is 2.27 bits per heavy atom. The van der Waals surface area contributed by atoms with Crippen molar-refractivity contribution >= 4 is 23.6 Å². The number of nitrogens with two attached hydrogens (primary N) is 1. The molecule has 0 spiro atoms. The first kappa shape index (κ1) is 16.7. The Hall–Kier alpha value is -4.16. The number of nitro benzene ring substituents is 1. The number of hydrogen-bond acceptors (Lipinski definition) is 10. The molecule has 0 fully saturated rings. The predicted molar refractivity (Wildman–Crippen MR) is 86.5 cm³/mol. The third-order valence-electron chi connectivity index (χ3n) is 3.27. The van der Waals surface area contributed by atoms with E-state index in [2.05, 4.69) is 35.8 Å². The van der Waals surface area contributed by atoms with Crippen LogP contribution < -0.4 is 11.2 Å². The summed E-state index contributed by atoms with van der Waals surface area (Å²) in [5.74, 6) is -0.534. The number of nitrogens with zero attached hydrogens (tertiary/aromatic N) is 7. The molecule has 2 aromatic heterocycles. The third kappa shape index (κ3) is 3.21. The summed E-state index contributed by atoms with van der Waals surface area (Å²) in [5, 5.41) is 29.0. The van der Waals surface area contributed by atoms with Crippen LogP contribution in [-0.2, 0) is 0 Å². The highest BCUT2D eigenvalue weighted by atomic mass is 16.6. The van der Waals surface area contributed by atoms with E-state index in [9.17, 15) is 14.9 Å². The highest BCUT2D eigenvalue weighted by molar-refractivity contribution is 5.94. The number of amides is 1. The van der Waals surface area contributed by atoms with Crippen LogP contribution in [0.2, 0.25) is 0 Å². The highest BCUT2D eigenvalue weighted by Crippen LogP contribution is 2.14. The van der Waals surface area contributed by atoms with Crippen molar-refractivity contribution in [1.29, 1.82) is 0 Å². The monoisotopic (exact) mass is 357 g/mol. The van der Waals surface area contributed by atoms with Gasteiger partial charge in [0.25, 0.3) is 11.6 Å². The van der Waals surface area contributed by atoms with E-state index in [-0.39, 0.29) is 23.0 Å². The van der Waals surface area contributed by atoms with E-state index >= 15 is 0 Å². The van der Waals surface area contributed by atoms with E-state index in [1.54, 1.807) is 13.0 Å². The number of rotatable bonds is 5. The van der Waals surface area contributed by atoms with Gasteiger partial charge in [0.15, 0.2) is 5.69 Å². The Morgan fingerprint density at radius 1 is 1.46 bits per heavy atom. The quantitative estimate of drug-likeness (QED) is 0.366. The zero-order valence-electron chi connectivity index (χ0n) is 13.2. The molecule has 0 aliphatic carbocycles. The number of hydrogen-bond donors (Lipinski definition) is 2. The van der Waals surface area contributed by atoms with Gasteiger partial charge in [-0.2, -0.15) is 9.78 Å². The molecule has 0 aliphatic rings. The van der Waals surface area contributed by atoms with Crippen LogP contribution in [0.3, 0.4) is 0 Å². The lowest BCUT2D eigenvalue weighted by Gasteiger charge is -1.99. The van der Waals surface area contributed by atoms with Crippen molar-refractivity contribution in [3.63, 3.8) is 0 Å². The van der Waals surface area contributed by atoms with Gasteiger partial charge < -0.3 is 5.73 Å². The SMILES string of the molecule is Cc1c(C(=O)NN=Cc2cccc([N+](=O)[O-])c2)nnn1-c1nonc1N. The summed E-state index contributed by atoms with van der Waals surface area (Å²) in [6.07, 6.45) is 1.27. The lowest BCUT2D eigenvalue weighted by Crippen LogP contribution is -2.19. The number of anilines is 1. The fourth-order valence-electron chi connectivity index (χ4n) is 2.02. The Morgan fingerprint density at radius 3 is 2.96 bits per heavy atom. The van der Waals surface area contributed by atoms with Crippen LogP contribution in [-0.4, -0.2) is 42.4 Å². The van der Waals surface area contributed by atoms with E-state index in [0.29, 0.717) is 11.3 Å². The van der Waals surface area contributed by atoms with Crippen molar-refractivity contribution in [1.82, 2.24) is 30.7 Å². The molecule has 3 aromatic rings. The maximum absolute atomic E-state index is 12.2. The van der Waals surface area contributed by atoms with Crippen molar-refractivity contribution in [3.8, 4) is 5.82 Å². The van der Waals surface area contributed by atoms with E-state index < -0.39 is 10.8 Å². The minimum Gasteiger partial charge on any atom is -0.378 e. The number of aromatic nitrogens is 5. The molecule has 132 valence electrons. The molecule has 13 nitrogen and oxygen atoms in total. The van der Waals surface area contributed by atoms with Crippen LogP contribution in [0.1, 0.15) is 21.7 Å². The van der Waals surface area contributed by atoms with Gasteiger partial charge in [-0.15, -0.1) is 5.10 Å². The molecular weight excluding hydrogens is 346 g/mol. The zero-order chi connectivity index (χ0) is 18.7. The maximum atomic E-state index is 12.2. The minimum absolute atomic E-state index is 0.00588.